The molecular weight excluding hydrogens is 270 g/mol. The maximum absolute atomic E-state index is 12.6. The van der Waals surface area contributed by atoms with Crippen molar-refractivity contribution in [2.75, 3.05) is 13.2 Å². The summed E-state index contributed by atoms with van der Waals surface area (Å²) in [5.74, 6) is -0.294. The number of hydrogen-bond acceptors (Lipinski definition) is 4. The molecule has 3 rings (SSSR count). The number of nitrogens with zero attached hydrogens (tertiary/aromatic N) is 1. The lowest BCUT2D eigenvalue weighted by Crippen LogP contribution is -2.51. The first kappa shape index (κ1) is 13.8. The van der Waals surface area contributed by atoms with Gasteiger partial charge in [-0.05, 0) is 26.0 Å². The van der Waals surface area contributed by atoms with Crippen LogP contribution < -0.4 is 5.63 Å². The molecule has 1 amide bonds. The lowest BCUT2D eigenvalue weighted by atomic mass is 10.1. The zero-order valence-electron chi connectivity index (χ0n) is 12.0. The molecule has 0 bridgehead atoms. The Labute approximate surface area is 122 Å². The van der Waals surface area contributed by atoms with Gasteiger partial charge in [-0.3, -0.25) is 4.79 Å². The van der Waals surface area contributed by atoms with Gasteiger partial charge in [0.15, 0.2) is 0 Å². The van der Waals surface area contributed by atoms with E-state index in [0.717, 1.165) is 5.39 Å². The van der Waals surface area contributed by atoms with Crippen LogP contribution >= 0.6 is 0 Å². The molecular formula is C16H17NO4. The SMILES string of the molecule is CC1OCCN(C(=O)c2cc3ccccc3oc2=O)C1C. The van der Waals surface area contributed by atoms with Gasteiger partial charge in [0.2, 0.25) is 0 Å². The van der Waals surface area contributed by atoms with Crippen molar-refractivity contribution < 1.29 is 13.9 Å². The predicted octanol–water partition coefficient (Wildman–Crippen LogP) is 2.04. The Morgan fingerprint density at radius 2 is 2.05 bits per heavy atom. The Balaban J connectivity index is 2.01. The van der Waals surface area contributed by atoms with Crippen molar-refractivity contribution >= 4 is 16.9 Å². The summed E-state index contributed by atoms with van der Waals surface area (Å²) < 4.78 is 10.7. The highest BCUT2D eigenvalue weighted by molar-refractivity contribution is 5.96. The highest BCUT2D eigenvalue weighted by Gasteiger charge is 2.31. The predicted molar refractivity (Wildman–Crippen MR) is 78.4 cm³/mol. The van der Waals surface area contributed by atoms with Crippen molar-refractivity contribution in [1.82, 2.24) is 4.90 Å². The lowest BCUT2D eigenvalue weighted by molar-refractivity contribution is -0.0441. The molecule has 2 aromatic rings. The number of rotatable bonds is 1. The van der Waals surface area contributed by atoms with Crippen LogP contribution in [0.1, 0.15) is 24.2 Å². The van der Waals surface area contributed by atoms with Crippen LogP contribution in [0.2, 0.25) is 0 Å². The molecule has 0 N–H and O–H groups in total. The van der Waals surface area contributed by atoms with E-state index >= 15 is 0 Å². The molecule has 2 atom stereocenters. The largest absolute Gasteiger partial charge is 0.422 e. The Hall–Kier alpha value is -2.14. The van der Waals surface area contributed by atoms with Gasteiger partial charge in [0.25, 0.3) is 5.91 Å². The maximum atomic E-state index is 12.6. The fraction of sp³-hybridized carbons (Fsp3) is 0.375. The average molecular weight is 287 g/mol. The fourth-order valence-corrected chi connectivity index (χ4v) is 2.59. The summed E-state index contributed by atoms with van der Waals surface area (Å²) in [5.41, 5.74) is -0.0258. The summed E-state index contributed by atoms with van der Waals surface area (Å²) in [5, 5.41) is 0.745. The van der Waals surface area contributed by atoms with E-state index in [0.29, 0.717) is 18.7 Å². The van der Waals surface area contributed by atoms with Gasteiger partial charge in [0.1, 0.15) is 11.1 Å². The van der Waals surface area contributed by atoms with Crippen molar-refractivity contribution in [3.05, 3.63) is 46.3 Å². The number of amides is 1. The molecule has 0 saturated carbocycles. The summed E-state index contributed by atoms with van der Waals surface area (Å²) in [4.78, 5) is 26.4. The van der Waals surface area contributed by atoms with Crippen LogP contribution in [0.25, 0.3) is 11.0 Å². The summed E-state index contributed by atoms with van der Waals surface area (Å²) in [6, 6.07) is 8.70. The third-order valence-electron chi connectivity index (χ3n) is 4.02. The molecule has 5 heteroatoms. The molecule has 5 nitrogen and oxygen atoms in total. The minimum atomic E-state index is -0.593. The number of fused-ring (bicyclic) bond motifs is 1. The van der Waals surface area contributed by atoms with Crippen LogP contribution in [0.15, 0.2) is 39.5 Å². The van der Waals surface area contributed by atoms with E-state index in [2.05, 4.69) is 0 Å². The first-order valence-electron chi connectivity index (χ1n) is 7.03. The molecule has 21 heavy (non-hydrogen) atoms. The molecule has 2 unspecified atom stereocenters. The number of carbonyl (C=O) groups is 1. The molecule has 1 saturated heterocycles. The number of morpholine rings is 1. The van der Waals surface area contributed by atoms with Gasteiger partial charge in [-0.25, -0.2) is 4.79 Å². The first-order chi connectivity index (χ1) is 10.1. The highest BCUT2D eigenvalue weighted by atomic mass is 16.5. The second-order valence-electron chi connectivity index (χ2n) is 5.30. The third kappa shape index (κ3) is 2.45. The number of hydrogen-bond donors (Lipinski definition) is 0. The van der Waals surface area contributed by atoms with Crippen LogP contribution in [0.4, 0.5) is 0 Å². The molecule has 110 valence electrons. The monoisotopic (exact) mass is 287 g/mol. The molecule has 0 radical (unpaired) electrons. The van der Waals surface area contributed by atoms with Crippen LogP contribution in [-0.4, -0.2) is 36.1 Å². The summed E-state index contributed by atoms with van der Waals surface area (Å²) in [7, 11) is 0. The number of benzene rings is 1. The standard InChI is InChI=1S/C16H17NO4/c1-10-11(2)20-8-7-17(10)15(18)13-9-12-5-3-4-6-14(12)21-16(13)19/h3-6,9-11H,7-8H2,1-2H3. The molecule has 1 aliphatic rings. The zero-order valence-corrected chi connectivity index (χ0v) is 12.0. The molecule has 0 spiro atoms. The Kier molecular flexibility index (Phi) is 3.51. The summed E-state index contributed by atoms with van der Waals surface area (Å²) in [6.45, 7) is 4.81. The molecule has 2 heterocycles. The zero-order chi connectivity index (χ0) is 15.0. The van der Waals surface area contributed by atoms with Gasteiger partial charge in [0.05, 0.1) is 18.8 Å². The van der Waals surface area contributed by atoms with E-state index in [1.54, 1.807) is 23.1 Å². The van der Waals surface area contributed by atoms with Crippen LogP contribution in [0.5, 0.6) is 0 Å². The van der Waals surface area contributed by atoms with Gasteiger partial charge in [-0.1, -0.05) is 18.2 Å². The minimum absolute atomic E-state index is 0.0461. The molecule has 0 aliphatic carbocycles. The number of carbonyl (C=O) groups excluding carboxylic acids is 1. The van der Waals surface area contributed by atoms with Crippen LogP contribution in [-0.2, 0) is 4.74 Å². The molecule has 1 fully saturated rings. The highest BCUT2D eigenvalue weighted by Crippen LogP contribution is 2.18. The molecule has 1 aromatic carbocycles. The van der Waals surface area contributed by atoms with Crippen molar-refractivity contribution in [2.45, 2.75) is 26.0 Å². The number of para-hydroxylation sites is 1. The smallest absolute Gasteiger partial charge is 0.349 e. The van der Waals surface area contributed by atoms with E-state index in [4.69, 9.17) is 9.15 Å². The maximum Gasteiger partial charge on any atom is 0.349 e. The van der Waals surface area contributed by atoms with Crippen LogP contribution in [0.3, 0.4) is 0 Å². The molecule has 1 aromatic heterocycles. The van der Waals surface area contributed by atoms with Crippen LogP contribution in [0, 0.1) is 0 Å². The van der Waals surface area contributed by atoms with E-state index in [1.165, 1.54) is 0 Å². The van der Waals surface area contributed by atoms with Gasteiger partial charge in [-0.2, -0.15) is 0 Å². The summed E-state index contributed by atoms with van der Waals surface area (Å²) in [6.07, 6.45) is -0.0461. The van der Waals surface area contributed by atoms with E-state index in [9.17, 15) is 9.59 Å². The second-order valence-corrected chi connectivity index (χ2v) is 5.30. The van der Waals surface area contributed by atoms with E-state index < -0.39 is 5.63 Å². The summed E-state index contributed by atoms with van der Waals surface area (Å²) >= 11 is 0. The quantitative estimate of drug-likeness (QED) is 0.753. The first-order valence-corrected chi connectivity index (χ1v) is 7.03. The van der Waals surface area contributed by atoms with Gasteiger partial charge in [-0.15, -0.1) is 0 Å². The Bertz CT molecular complexity index is 736. The third-order valence-corrected chi connectivity index (χ3v) is 4.02. The minimum Gasteiger partial charge on any atom is -0.422 e. The van der Waals surface area contributed by atoms with Gasteiger partial charge in [0, 0.05) is 11.9 Å². The van der Waals surface area contributed by atoms with Crippen molar-refractivity contribution in [2.24, 2.45) is 0 Å². The van der Waals surface area contributed by atoms with Gasteiger partial charge >= 0.3 is 5.63 Å². The Morgan fingerprint density at radius 3 is 2.86 bits per heavy atom. The van der Waals surface area contributed by atoms with Gasteiger partial charge < -0.3 is 14.1 Å². The van der Waals surface area contributed by atoms with Crippen molar-refractivity contribution in [1.29, 1.82) is 0 Å². The fourth-order valence-electron chi connectivity index (χ4n) is 2.59. The second kappa shape index (κ2) is 5.33. The average Bonchev–Trinajstić information content (AvgIpc) is 2.48. The molecule has 1 aliphatic heterocycles. The normalized spacial score (nSPS) is 22.5. The topological polar surface area (TPSA) is 59.8 Å². The van der Waals surface area contributed by atoms with Crippen molar-refractivity contribution in [3.8, 4) is 0 Å². The van der Waals surface area contributed by atoms with E-state index in [1.807, 2.05) is 26.0 Å². The Morgan fingerprint density at radius 1 is 1.29 bits per heavy atom. The number of ether oxygens (including phenoxy) is 1. The lowest BCUT2D eigenvalue weighted by Gasteiger charge is -2.37. The van der Waals surface area contributed by atoms with Crippen molar-refractivity contribution in [3.63, 3.8) is 0 Å². The van der Waals surface area contributed by atoms with E-state index in [-0.39, 0.29) is 23.6 Å².